The monoisotopic (exact) mass is 634 g/mol. The molecule has 3 aromatic carbocycles. The molecule has 1 aliphatic carbocycles. The second-order valence-corrected chi connectivity index (χ2v) is 13.3. The summed E-state index contributed by atoms with van der Waals surface area (Å²) >= 11 is 0. The number of alkyl halides is 2. The van der Waals surface area contributed by atoms with Crippen molar-refractivity contribution in [3.8, 4) is 5.75 Å². The molecular formula is C32H29F3N6O3S. The van der Waals surface area contributed by atoms with E-state index in [9.17, 15) is 21.6 Å². The van der Waals surface area contributed by atoms with Crippen LogP contribution in [0.5, 0.6) is 5.75 Å². The van der Waals surface area contributed by atoms with Crippen molar-refractivity contribution in [1.29, 1.82) is 0 Å². The maximum Gasteiger partial charge on any atom is 0.283 e. The lowest BCUT2D eigenvalue weighted by Crippen LogP contribution is -2.56. The Morgan fingerprint density at radius 3 is 2.31 bits per heavy atom. The molecule has 5 aromatic rings. The molecule has 3 heterocycles. The van der Waals surface area contributed by atoms with Gasteiger partial charge in [-0.05, 0) is 42.7 Å². The van der Waals surface area contributed by atoms with Crippen LogP contribution < -0.4 is 14.5 Å². The topological polar surface area (TPSA) is 93.5 Å². The van der Waals surface area contributed by atoms with E-state index < -0.39 is 21.8 Å². The molecule has 0 unspecified atom stereocenters. The number of nitrogens with zero attached hydrogens (tertiary/aromatic N) is 6. The number of anilines is 2. The number of rotatable bonds is 8. The summed E-state index contributed by atoms with van der Waals surface area (Å²) in [6.45, 7) is 2.52. The van der Waals surface area contributed by atoms with Crippen LogP contribution in [0.15, 0.2) is 90.1 Å². The van der Waals surface area contributed by atoms with Crippen LogP contribution in [0.2, 0.25) is 0 Å². The first kappa shape index (κ1) is 29.1. The van der Waals surface area contributed by atoms with E-state index in [0.29, 0.717) is 48.1 Å². The number of piperazine rings is 1. The van der Waals surface area contributed by atoms with Crippen molar-refractivity contribution < 1.29 is 26.3 Å². The molecule has 1 saturated carbocycles. The van der Waals surface area contributed by atoms with Gasteiger partial charge in [-0.15, -0.1) is 5.10 Å². The molecule has 2 fully saturated rings. The van der Waals surface area contributed by atoms with E-state index in [1.165, 1.54) is 12.1 Å². The Morgan fingerprint density at radius 1 is 0.933 bits per heavy atom. The van der Waals surface area contributed by atoms with Gasteiger partial charge >= 0.3 is 0 Å². The van der Waals surface area contributed by atoms with Gasteiger partial charge in [0.1, 0.15) is 12.4 Å². The summed E-state index contributed by atoms with van der Waals surface area (Å²) < 4.78 is 76.6. The van der Waals surface area contributed by atoms with E-state index in [1.54, 1.807) is 18.2 Å². The molecule has 0 N–H and O–H groups in total. The number of hydrogen-bond acceptors (Lipinski definition) is 8. The highest BCUT2D eigenvalue weighted by Crippen LogP contribution is 2.49. The zero-order valence-electron chi connectivity index (χ0n) is 24.3. The summed E-state index contributed by atoms with van der Waals surface area (Å²) in [5.41, 5.74) is 0.589. The van der Waals surface area contributed by atoms with Crippen molar-refractivity contribution in [1.82, 2.24) is 19.2 Å². The minimum absolute atomic E-state index is 0.165. The van der Waals surface area contributed by atoms with E-state index in [0.717, 1.165) is 53.9 Å². The van der Waals surface area contributed by atoms with Gasteiger partial charge in [-0.1, -0.05) is 48.5 Å². The predicted octanol–water partition coefficient (Wildman–Crippen LogP) is 5.75. The van der Waals surface area contributed by atoms with Crippen LogP contribution in [0, 0.1) is 5.82 Å². The standard InChI is InChI=1S/C32H29F3N6O3S/c1-31(34,35)23-10-12-25(13-11-23)45(42,43)41-26-8-5-9-27(44-20-22-6-3-2-4-7-22)28(26)29(38-41)40-17-16-39(21-32(40)14-15-32)30-36-18-24(33)19-37-30/h2-13,18-19H,14-17,20-21H2,1H3. The highest BCUT2D eigenvalue weighted by Gasteiger charge is 2.53. The van der Waals surface area contributed by atoms with Crippen LogP contribution >= 0.6 is 0 Å². The number of hydrogen-bond donors (Lipinski definition) is 0. The molecule has 2 aliphatic rings. The molecular weight excluding hydrogens is 605 g/mol. The third-order valence-electron chi connectivity index (χ3n) is 8.37. The van der Waals surface area contributed by atoms with Crippen LogP contribution in [-0.2, 0) is 22.6 Å². The summed E-state index contributed by atoms with van der Waals surface area (Å²) in [6.07, 6.45) is 3.93. The number of benzene rings is 3. The maximum absolute atomic E-state index is 14.0. The Hall–Kier alpha value is -4.65. The van der Waals surface area contributed by atoms with E-state index in [2.05, 4.69) is 14.9 Å². The Balaban J connectivity index is 1.31. The molecule has 0 radical (unpaired) electrons. The van der Waals surface area contributed by atoms with Crippen molar-refractivity contribution in [2.45, 2.75) is 42.7 Å². The van der Waals surface area contributed by atoms with Gasteiger partial charge in [-0.2, -0.15) is 12.5 Å². The van der Waals surface area contributed by atoms with Crippen molar-refractivity contribution >= 4 is 32.7 Å². The molecule has 7 rings (SSSR count). The largest absolute Gasteiger partial charge is 0.488 e. The number of halogens is 3. The quantitative estimate of drug-likeness (QED) is 0.213. The van der Waals surface area contributed by atoms with Gasteiger partial charge in [-0.3, -0.25) is 0 Å². The second-order valence-electron chi connectivity index (χ2n) is 11.5. The average molecular weight is 635 g/mol. The van der Waals surface area contributed by atoms with Crippen LogP contribution in [0.25, 0.3) is 10.9 Å². The van der Waals surface area contributed by atoms with Gasteiger partial charge in [0.2, 0.25) is 5.95 Å². The highest BCUT2D eigenvalue weighted by molar-refractivity contribution is 7.90. The van der Waals surface area contributed by atoms with Gasteiger partial charge in [0, 0.05) is 32.1 Å². The Bertz CT molecular complexity index is 1960. The minimum Gasteiger partial charge on any atom is -0.488 e. The molecule has 1 saturated heterocycles. The van der Waals surface area contributed by atoms with Crippen LogP contribution in [0.3, 0.4) is 0 Å². The van der Waals surface area contributed by atoms with Gasteiger partial charge in [0.15, 0.2) is 11.6 Å². The summed E-state index contributed by atoms with van der Waals surface area (Å²) in [4.78, 5) is 12.3. The third-order valence-corrected chi connectivity index (χ3v) is 9.97. The molecule has 1 spiro atoms. The SMILES string of the molecule is CC(F)(F)c1ccc(S(=O)(=O)n2nc(N3CCN(c4ncc(F)cn4)CC34CC4)c3c(OCc4ccccc4)cccc32)cc1. The maximum atomic E-state index is 14.0. The van der Waals surface area contributed by atoms with Crippen molar-refractivity contribution in [2.75, 3.05) is 29.4 Å². The molecule has 0 amide bonds. The predicted molar refractivity (Wildman–Crippen MR) is 163 cm³/mol. The van der Waals surface area contributed by atoms with Crippen molar-refractivity contribution in [3.63, 3.8) is 0 Å². The zero-order chi connectivity index (χ0) is 31.4. The van der Waals surface area contributed by atoms with E-state index in [-0.39, 0.29) is 22.6 Å². The first-order valence-corrected chi connectivity index (χ1v) is 15.9. The summed E-state index contributed by atoms with van der Waals surface area (Å²) in [5, 5.41) is 5.25. The van der Waals surface area contributed by atoms with Crippen molar-refractivity contribution in [3.05, 3.63) is 102 Å². The molecule has 45 heavy (non-hydrogen) atoms. The van der Waals surface area contributed by atoms with E-state index >= 15 is 0 Å². The Morgan fingerprint density at radius 2 is 1.64 bits per heavy atom. The molecule has 0 bridgehead atoms. The average Bonchev–Trinajstić information content (AvgIpc) is 3.68. The van der Waals surface area contributed by atoms with Gasteiger partial charge in [0.05, 0.1) is 33.7 Å². The van der Waals surface area contributed by atoms with Crippen molar-refractivity contribution in [2.24, 2.45) is 0 Å². The normalized spacial score (nSPS) is 16.4. The first-order chi connectivity index (χ1) is 21.5. The lowest BCUT2D eigenvalue weighted by Gasteiger charge is -2.42. The summed E-state index contributed by atoms with van der Waals surface area (Å²) in [6, 6.07) is 19.4. The van der Waals surface area contributed by atoms with E-state index in [1.807, 2.05) is 35.2 Å². The second kappa shape index (κ2) is 10.8. The van der Waals surface area contributed by atoms with E-state index in [4.69, 9.17) is 9.84 Å². The highest BCUT2D eigenvalue weighted by atomic mass is 32.2. The zero-order valence-corrected chi connectivity index (χ0v) is 25.1. The fraction of sp³-hybridized carbons (Fsp3) is 0.281. The number of aromatic nitrogens is 4. The fourth-order valence-corrected chi connectivity index (χ4v) is 7.14. The molecule has 1 aliphatic heterocycles. The minimum atomic E-state index is -4.29. The summed E-state index contributed by atoms with van der Waals surface area (Å²) in [7, 11) is -4.29. The van der Waals surface area contributed by atoms with Gasteiger partial charge in [-0.25, -0.2) is 23.1 Å². The Labute approximate surface area is 257 Å². The number of fused-ring (bicyclic) bond motifs is 1. The van der Waals surface area contributed by atoms with Gasteiger partial charge in [0.25, 0.3) is 15.9 Å². The Kier molecular flexibility index (Phi) is 6.95. The molecule has 9 nitrogen and oxygen atoms in total. The fourth-order valence-electron chi connectivity index (χ4n) is 5.86. The molecule has 2 aromatic heterocycles. The van der Waals surface area contributed by atoms with Crippen LogP contribution in [-0.4, -0.2) is 52.7 Å². The van der Waals surface area contributed by atoms with Crippen LogP contribution in [0.1, 0.15) is 30.9 Å². The third kappa shape index (κ3) is 5.34. The smallest absolute Gasteiger partial charge is 0.283 e. The molecule has 13 heteroatoms. The first-order valence-electron chi connectivity index (χ1n) is 14.5. The number of ether oxygens (including phenoxy) is 1. The lowest BCUT2D eigenvalue weighted by molar-refractivity contribution is 0.0174. The molecule has 232 valence electrons. The molecule has 0 atom stereocenters. The van der Waals surface area contributed by atoms with Crippen LogP contribution in [0.4, 0.5) is 24.9 Å². The van der Waals surface area contributed by atoms with Gasteiger partial charge < -0.3 is 14.5 Å². The lowest BCUT2D eigenvalue weighted by atomic mass is 10.1. The summed E-state index contributed by atoms with van der Waals surface area (Å²) in [5.74, 6) is -2.29.